The van der Waals surface area contributed by atoms with Gasteiger partial charge < -0.3 is 19.1 Å². The highest BCUT2D eigenvalue weighted by atomic mass is 35.5. The summed E-state index contributed by atoms with van der Waals surface area (Å²) in [7, 11) is 3.18. The summed E-state index contributed by atoms with van der Waals surface area (Å²) in [6, 6.07) is 13.3. The molecule has 172 valence electrons. The van der Waals surface area contributed by atoms with Gasteiger partial charge in [-0.25, -0.2) is 0 Å². The van der Waals surface area contributed by atoms with Crippen LogP contribution in [0.4, 0.5) is 5.69 Å². The molecule has 33 heavy (non-hydrogen) atoms. The lowest BCUT2D eigenvalue weighted by Gasteiger charge is -2.42. The molecule has 4 rings (SSSR count). The zero-order valence-corrected chi connectivity index (χ0v) is 20.2. The minimum absolute atomic E-state index is 0.0416. The Morgan fingerprint density at radius 3 is 2.61 bits per heavy atom. The number of allylic oxidation sites excluding steroid dienone is 1. The zero-order chi connectivity index (χ0) is 23.5. The van der Waals surface area contributed by atoms with E-state index in [1.54, 1.807) is 25.2 Å². The van der Waals surface area contributed by atoms with Crippen LogP contribution in [-0.2, 0) is 4.79 Å². The summed E-state index contributed by atoms with van der Waals surface area (Å²) in [6.45, 7) is 2.75. The summed E-state index contributed by atoms with van der Waals surface area (Å²) in [5.74, 6) is 2.08. The van der Waals surface area contributed by atoms with E-state index in [0.717, 1.165) is 11.3 Å². The van der Waals surface area contributed by atoms with Gasteiger partial charge in [-0.2, -0.15) is 5.26 Å². The smallest absolute Gasteiger partial charge is 0.229 e. The van der Waals surface area contributed by atoms with Gasteiger partial charge in [0.05, 0.1) is 55.7 Å². The number of methoxy groups -OCH3 is 2. The van der Waals surface area contributed by atoms with E-state index < -0.39 is 0 Å². The number of thioether (sulfide) groups is 1. The number of ether oxygens (including phenoxy) is 3. The fraction of sp³-hybridized carbons (Fsp3) is 0.333. The Bertz CT molecular complexity index is 1150. The van der Waals surface area contributed by atoms with E-state index >= 15 is 0 Å². The molecule has 0 bridgehead atoms. The molecule has 0 radical (unpaired) electrons. The molecule has 1 atom stereocenters. The number of benzene rings is 2. The number of fused-ring (bicyclic) bond motifs is 1. The largest absolute Gasteiger partial charge is 0.495 e. The van der Waals surface area contributed by atoms with Crippen LogP contribution in [0.2, 0.25) is 5.02 Å². The van der Waals surface area contributed by atoms with Crippen LogP contribution in [0.15, 0.2) is 47.0 Å². The first-order valence-corrected chi connectivity index (χ1v) is 11.8. The first-order chi connectivity index (χ1) is 16.0. The lowest BCUT2D eigenvalue weighted by molar-refractivity contribution is -0.129. The van der Waals surface area contributed by atoms with Crippen molar-refractivity contribution >= 4 is 35.0 Å². The maximum absolute atomic E-state index is 13.2. The van der Waals surface area contributed by atoms with Crippen molar-refractivity contribution in [2.24, 2.45) is 0 Å². The molecule has 2 heterocycles. The molecule has 0 aliphatic carbocycles. The van der Waals surface area contributed by atoms with Crippen LogP contribution in [0.1, 0.15) is 24.8 Å². The maximum Gasteiger partial charge on any atom is 0.229 e. The molecular weight excluding hydrogens is 462 g/mol. The van der Waals surface area contributed by atoms with Gasteiger partial charge in [0, 0.05) is 17.4 Å². The fourth-order valence-electron chi connectivity index (χ4n) is 4.09. The molecule has 0 aromatic heterocycles. The number of carbonyl (C=O) groups excluding carboxylic acids is 1. The number of amides is 1. The van der Waals surface area contributed by atoms with Crippen LogP contribution in [0.5, 0.6) is 17.2 Å². The topological polar surface area (TPSA) is 75.0 Å². The highest BCUT2D eigenvalue weighted by molar-refractivity contribution is 8.03. The summed E-state index contributed by atoms with van der Waals surface area (Å²) in [4.78, 5) is 16.9. The van der Waals surface area contributed by atoms with Gasteiger partial charge in [-0.05, 0) is 42.8 Å². The number of hydrogen-bond acceptors (Lipinski definition) is 7. The van der Waals surface area contributed by atoms with Crippen molar-refractivity contribution in [2.75, 3.05) is 38.3 Å². The normalized spacial score (nSPS) is 18.0. The second-order valence-electron chi connectivity index (χ2n) is 7.52. The molecule has 2 aromatic rings. The third-order valence-electron chi connectivity index (χ3n) is 5.66. The zero-order valence-electron chi connectivity index (χ0n) is 18.6. The van der Waals surface area contributed by atoms with E-state index in [-0.39, 0.29) is 18.2 Å². The first kappa shape index (κ1) is 23.1. The number of nitriles is 1. The second-order valence-corrected chi connectivity index (χ2v) is 8.89. The average molecular weight is 486 g/mol. The lowest BCUT2D eigenvalue weighted by atomic mass is 9.86. The van der Waals surface area contributed by atoms with Crippen molar-refractivity contribution in [1.29, 1.82) is 5.26 Å². The predicted octanol–water partition coefficient (Wildman–Crippen LogP) is 4.98. The molecule has 0 N–H and O–H groups in total. The van der Waals surface area contributed by atoms with Crippen molar-refractivity contribution < 1.29 is 19.0 Å². The quantitative estimate of drug-likeness (QED) is 0.571. The second kappa shape index (κ2) is 9.86. The van der Waals surface area contributed by atoms with Crippen molar-refractivity contribution in [2.45, 2.75) is 19.3 Å². The number of carbonyl (C=O) groups is 1. The van der Waals surface area contributed by atoms with Crippen molar-refractivity contribution in [3.63, 3.8) is 0 Å². The van der Waals surface area contributed by atoms with Gasteiger partial charge >= 0.3 is 0 Å². The third kappa shape index (κ3) is 4.43. The number of rotatable bonds is 6. The van der Waals surface area contributed by atoms with E-state index in [1.165, 1.54) is 11.8 Å². The molecule has 9 heteroatoms. The summed E-state index contributed by atoms with van der Waals surface area (Å²) in [6.07, 6.45) is 0.199. The highest BCUT2D eigenvalue weighted by Gasteiger charge is 2.39. The molecule has 2 aliphatic heterocycles. The van der Waals surface area contributed by atoms with Gasteiger partial charge in [0.15, 0.2) is 11.5 Å². The summed E-state index contributed by atoms with van der Waals surface area (Å²) < 4.78 is 16.6. The van der Waals surface area contributed by atoms with Gasteiger partial charge in [0.25, 0.3) is 0 Å². The Hall–Kier alpha value is -3.02. The van der Waals surface area contributed by atoms with E-state index in [0.29, 0.717) is 52.0 Å². The Balaban J connectivity index is 1.67. The molecule has 7 nitrogen and oxygen atoms in total. The predicted molar refractivity (Wildman–Crippen MR) is 129 cm³/mol. The SMILES string of the molecule is CCOc1ccc([C@H]2CC(=O)N3CN(c4cc(Cl)ccc4OC)CSC3=C2C#N)cc1OC. The van der Waals surface area contributed by atoms with E-state index in [2.05, 4.69) is 6.07 Å². The Morgan fingerprint density at radius 1 is 1.15 bits per heavy atom. The standard InChI is InChI=1S/C24H24ClN3O4S/c1-4-32-21-7-5-15(9-22(21)31-3)17-11-23(29)28-13-27(14-33-24(28)18(17)12-26)19-10-16(25)6-8-20(19)30-2/h5-10,17H,4,11,13-14H2,1-3H3/t17-/m1/s1. The maximum atomic E-state index is 13.2. The van der Waals surface area contributed by atoms with Crippen LogP contribution in [-0.4, -0.2) is 44.2 Å². The number of hydrogen-bond donors (Lipinski definition) is 0. The van der Waals surface area contributed by atoms with E-state index in [4.69, 9.17) is 25.8 Å². The molecule has 2 aliphatic rings. The average Bonchev–Trinajstić information content (AvgIpc) is 2.84. The lowest BCUT2D eigenvalue weighted by Crippen LogP contribution is -2.47. The summed E-state index contributed by atoms with van der Waals surface area (Å²) >= 11 is 7.67. The highest BCUT2D eigenvalue weighted by Crippen LogP contribution is 2.45. The Labute approximate surface area is 202 Å². The molecular formula is C24H24ClN3O4S. The molecule has 0 saturated carbocycles. The van der Waals surface area contributed by atoms with Crippen LogP contribution in [0.3, 0.4) is 0 Å². The number of anilines is 1. The van der Waals surface area contributed by atoms with Gasteiger partial charge in [-0.1, -0.05) is 29.4 Å². The van der Waals surface area contributed by atoms with Crippen molar-refractivity contribution in [3.05, 3.63) is 57.6 Å². The fourth-order valence-corrected chi connectivity index (χ4v) is 5.41. The number of nitrogens with zero attached hydrogens (tertiary/aromatic N) is 3. The van der Waals surface area contributed by atoms with Gasteiger partial charge in [0.1, 0.15) is 5.75 Å². The molecule has 2 aromatic carbocycles. The van der Waals surface area contributed by atoms with E-state index in [9.17, 15) is 10.1 Å². The van der Waals surface area contributed by atoms with Gasteiger partial charge in [0.2, 0.25) is 5.91 Å². The Kier molecular flexibility index (Phi) is 6.91. The molecule has 0 unspecified atom stereocenters. The minimum atomic E-state index is -0.335. The molecule has 1 fully saturated rings. The van der Waals surface area contributed by atoms with E-state index in [1.807, 2.05) is 42.2 Å². The monoisotopic (exact) mass is 485 g/mol. The van der Waals surface area contributed by atoms with Crippen LogP contribution in [0, 0.1) is 11.3 Å². The number of halogens is 1. The third-order valence-corrected chi connectivity index (χ3v) is 7.05. The van der Waals surface area contributed by atoms with Crippen LogP contribution >= 0.6 is 23.4 Å². The molecule has 0 spiro atoms. The van der Waals surface area contributed by atoms with Gasteiger partial charge in [-0.3, -0.25) is 9.69 Å². The molecule has 1 amide bonds. The minimum Gasteiger partial charge on any atom is -0.495 e. The summed E-state index contributed by atoms with van der Waals surface area (Å²) in [5.41, 5.74) is 2.25. The molecule has 1 saturated heterocycles. The van der Waals surface area contributed by atoms with Gasteiger partial charge in [-0.15, -0.1) is 0 Å². The van der Waals surface area contributed by atoms with Crippen LogP contribution < -0.4 is 19.1 Å². The summed E-state index contributed by atoms with van der Waals surface area (Å²) in [5, 5.41) is 11.3. The Morgan fingerprint density at radius 2 is 1.91 bits per heavy atom. The van der Waals surface area contributed by atoms with Crippen LogP contribution in [0.25, 0.3) is 0 Å². The van der Waals surface area contributed by atoms with Crippen molar-refractivity contribution in [3.8, 4) is 23.3 Å². The first-order valence-electron chi connectivity index (χ1n) is 10.5. The van der Waals surface area contributed by atoms with Crippen molar-refractivity contribution in [1.82, 2.24) is 4.90 Å².